The fourth-order valence-electron chi connectivity index (χ4n) is 2.19. The van der Waals surface area contributed by atoms with Crippen molar-refractivity contribution < 1.29 is 8.42 Å². The van der Waals surface area contributed by atoms with Crippen molar-refractivity contribution >= 4 is 15.9 Å². The number of sulfonamides is 1. The summed E-state index contributed by atoms with van der Waals surface area (Å²) in [4.78, 5) is 4.88. The summed E-state index contributed by atoms with van der Waals surface area (Å²) >= 11 is 0. The monoisotopic (exact) mass is 266 g/mol. The second kappa shape index (κ2) is 4.39. The van der Waals surface area contributed by atoms with Crippen LogP contribution in [0.2, 0.25) is 0 Å². The minimum absolute atomic E-state index is 0.260. The molecular weight excluding hydrogens is 248 g/mol. The van der Waals surface area contributed by atoms with Gasteiger partial charge in [-0.15, -0.1) is 0 Å². The average Bonchev–Trinajstić information content (AvgIpc) is 2.51. The molecule has 5 heteroatoms. The number of benzene rings is 1. The predicted octanol–water partition coefficient (Wildman–Crippen LogP) is 2.30. The highest BCUT2D eigenvalue weighted by Crippen LogP contribution is 2.25. The molecule has 1 aromatic rings. The fourth-order valence-corrected chi connectivity index (χ4v) is 3.42. The van der Waals surface area contributed by atoms with Crippen molar-refractivity contribution in [3.8, 4) is 0 Å². The van der Waals surface area contributed by atoms with Gasteiger partial charge in [0, 0.05) is 5.56 Å². The molecule has 0 spiro atoms. The lowest BCUT2D eigenvalue weighted by molar-refractivity contribution is 0.473. The smallest absolute Gasteiger partial charge is 0.263 e. The molecule has 0 amide bonds. The lowest BCUT2D eigenvalue weighted by Gasteiger charge is -2.19. The molecule has 0 aliphatic carbocycles. The summed E-state index contributed by atoms with van der Waals surface area (Å²) in [6, 6.07) is 6.93. The molecule has 0 saturated heterocycles. The van der Waals surface area contributed by atoms with E-state index in [9.17, 15) is 8.42 Å². The molecule has 1 N–H and O–H groups in total. The van der Waals surface area contributed by atoms with Gasteiger partial charge < -0.3 is 0 Å². The van der Waals surface area contributed by atoms with E-state index in [1.54, 1.807) is 18.2 Å². The molecular formula is C13H18N2O2S. The number of hydrogen-bond donors (Lipinski definition) is 1. The zero-order valence-electron chi connectivity index (χ0n) is 10.9. The van der Waals surface area contributed by atoms with Gasteiger partial charge in [-0.25, -0.2) is 8.42 Å². The number of fused-ring (bicyclic) bond motifs is 1. The molecule has 0 radical (unpaired) electrons. The molecule has 0 atom stereocenters. The van der Waals surface area contributed by atoms with Crippen LogP contribution in [0.5, 0.6) is 0 Å². The summed E-state index contributed by atoms with van der Waals surface area (Å²) in [5, 5.41) is 0. The third-order valence-corrected chi connectivity index (χ3v) is 4.34. The van der Waals surface area contributed by atoms with Crippen LogP contribution in [-0.4, -0.2) is 19.8 Å². The molecule has 0 aromatic heterocycles. The van der Waals surface area contributed by atoms with Crippen LogP contribution in [0.25, 0.3) is 0 Å². The zero-order chi connectivity index (χ0) is 13.4. The summed E-state index contributed by atoms with van der Waals surface area (Å²) in [5.41, 5.74) is 0.408. The summed E-state index contributed by atoms with van der Waals surface area (Å²) < 4.78 is 26.4. The van der Waals surface area contributed by atoms with Gasteiger partial charge >= 0.3 is 0 Å². The molecule has 4 nitrogen and oxygen atoms in total. The van der Waals surface area contributed by atoms with Gasteiger partial charge in [0.15, 0.2) is 0 Å². The van der Waals surface area contributed by atoms with E-state index in [-0.39, 0.29) is 5.54 Å². The number of aliphatic imine (C=N–C) groups is 1. The van der Waals surface area contributed by atoms with E-state index < -0.39 is 10.0 Å². The van der Waals surface area contributed by atoms with E-state index in [0.29, 0.717) is 16.3 Å². The first kappa shape index (κ1) is 13.1. The van der Waals surface area contributed by atoms with Crippen molar-refractivity contribution in [2.24, 2.45) is 4.99 Å². The first-order valence-corrected chi connectivity index (χ1v) is 7.56. The minimum Gasteiger partial charge on any atom is -0.263 e. The standard InChI is InChI=1S/C13H18N2O2S/c1-4-9-13(2,3)14-12-10-7-5-6-8-11(10)18(16,17)15-12/h5-8H,4,9H2,1-3H3,(H,14,15). The van der Waals surface area contributed by atoms with E-state index in [4.69, 9.17) is 0 Å². The number of hydrogen-bond acceptors (Lipinski definition) is 3. The van der Waals surface area contributed by atoms with Gasteiger partial charge in [-0.2, -0.15) is 0 Å². The second-order valence-electron chi connectivity index (χ2n) is 5.12. The van der Waals surface area contributed by atoms with E-state index in [0.717, 1.165) is 12.8 Å². The molecule has 0 unspecified atom stereocenters. The van der Waals surface area contributed by atoms with E-state index in [1.807, 2.05) is 19.9 Å². The summed E-state index contributed by atoms with van der Waals surface area (Å²) in [7, 11) is -3.42. The Hall–Kier alpha value is -1.36. The Labute approximate surface area is 108 Å². The fraction of sp³-hybridized carbons (Fsp3) is 0.462. The number of nitrogens with one attached hydrogen (secondary N) is 1. The summed E-state index contributed by atoms with van der Waals surface area (Å²) in [6.45, 7) is 6.12. The van der Waals surface area contributed by atoms with E-state index in [1.165, 1.54) is 0 Å². The third kappa shape index (κ3) is 2.41. The Morgan fingerprint density at radius 3 is 2.61 bits per heavy atom. The SMILES string of the molecule is CCCC(C)(C)N=C1NS(=O)(=O)c2ccccc21. The lowest BCUT2D eigenvalue weighted by Crippen LogP contribution is -2.27. The molecule has 1 aromatic carbocycles. The maximum Gasteiger partial charge on any atom is 0.263 e. The van der Waals surface area contributed by atoms with Crippen molar-refractivity contribution in [3.05, 3.63) is 29.8 Å². The molecule has 0 bridgehead atoms. The highest BCUT2D eigenvalue weighted by Gasteiger charge is 2.31. The van der Waals surface area contributed by atoms with Gasteiger partial charge in [0.2, 0.25) is 0 Å². The van der Waals surface area contributed by atoms with Crippen LogP contribution in [-0.2, 0) is 10.0 Å². The van der Waals surface area contributed by atoms with Crippen LogP contribution in [0.4, 0.5) is 0 Å². The second-order valence-corrected chi connectivity index (χ2v) is 6.78. The lowest BCUT2D eigenvalue weighted by atomic mass is 10.00. The van der Waals surface area contributed by atoms with Crippen molar-refractivity contribution in [1.82, 2.24) is 4.72 Å². The molecule has 0 saturated carbocycles. The maximum absolute atomic E-state index is 11.9. The number of amidine groups is 1. The molecule has 0 fully saturated rings. The topological polar surface area (TPSA) is 58.5 Å². The molecule has 2 rings (SSSR count). The zero-order valence-corrected chi connectivity index (χ0v) is 11.7. The Morgan fingerprint density at radius 2 is 1.94 bits per heavy atom. The van der Waals surface area contributed by atoms with E-state index >= 15 is 0 Å². The van der Waals surface area contributed by atoms with Gasteiger partial charge in [0.05, 0.1) is 10.4 Å². The van der Waals surface area contributed by atoms with Crippen molar-refractivity contribution in [1.29, 1.82) is 0 Å². The highest BCUT2D eigenvalue weighted by atomic mass is 32.2. The van der Waals surface area contributed by atoms with Crippen LogP contribution >= 0.6 is 0 Å². The van der Waals surface area contributed by atoms with Crippen LogP contribution in [0.3, 0.4) is 0 Å². The van der Waals surface area contributed by atoms with Crippen LogP contribution < -0.4 is 4.72 Å². The normalized spacial score (nSPS) is 19.6. The molecule has 1 aliphatic rings. The average molecular weight is 266 g/mol. The summed E-state index contributed by atoms with van der Waals surface area (Å²) in [5.74, 6) is 0.462. The molecule has 1 heterocycles. The highest BCUT2D eigenvalue weighted by molar-refractivity contribution is 7.90. The van der Waals surface area contributed by atoms with Gasteiger partial charge in [-0.05, 0) is 32.4 Å². The van der Waals surface area contributed by atoms with Crippen LogP contribution in [0.15, 0.2) is 34.2 Å². The van der Waals surface area contributed by atoms with Gasteiger partial charge in [0.25, 0.3) is 10.0 Å². The molecule has 98 valence electrons. The Bertz CT molecular complexity index is 589. The Kier molecular flexibility index (Phi) is 3.19. The van der Waals surface area contributed by atoms with Crippen molar-refractivity contribution in [3.63, 3.8) is 0 Å². The Balaban J connectivity index is 2.48. The first-order chi connectivity index (χ1) is 8.36. The minimum atomic E-state index is -3.42. The quantitative estimate of drug-likeness (QED) is 0.912. The maximum atomic E-state index is 11.9. The predicted molar refractivity (Wildman–Crippen MR) is 72.3 cm³/mol. The van der Waals surface area contributed by atoms with Crippen LogP contribution in [0.1, 0.15) is 39.2 Å². The molecule has 1 aliphatic heterocycles. The van der Waals surface area contributed by atoms with Gasteiger partial charge in [-0.1, -0.05) is 25.5 Å². The van der Waals surface area contributed by atoms with Gasteiger partial charge in [0.1, 0.15) is 5.84 Å². The van der Waals surface area contributed by atoms with Crippen molar-refractivity contribution in [2.45, 2.75) is 44.0 Å². The Morgan fingerprint density at radius 1 is 1.28 bits per heavy atom. The molecule has 18 heavy (non-hydrogen) atoms. The summed E-state index contributed by atoms with van der Waals surface area (Å²) in [6.07, 6.45) is 1.93. The van der Waals surface area contributed by atoms with Crippen molar-refractivity contribution in [2.75, 3.05) is 0 Å². The third-order valence-electron chi connectivity index (χ3n) is 2.94. The largest absolute Gasteiger partial charge is 0.263 e. The van der Waals surface area contributed by atoms with E-state index in [2.05, 4.69) is 16.6 Å². The number of nitrogens with zero attached hydrogens (tertiary/aromatic N) is 1. The van der Waals surface area contributed by atoms with Crippen LogP contribution in [0, 0.1) is 0 Å². The van der Waals surface area contributed by atoms with Gasteiger partial charge in [-0.3, -0.25) is 9.71 Å². The number of rotatable bonds is 3. The first-order valence-electron chi connectivity index (χ1n) is 6.08.